The summed E-state index contributed by atoms with van der Waals surface area (Å²) in [5, 5.41) is 12.0. The Labute approximate surface area is 98.2 Å². The zero-order valence-corrected chi connectivity index (χ0v) is 10.6. The van der Waals surface area contributed by atoms with Gasteiger partial charge in [-0.3, -0.25) is 4.79 Å². The fourth-order valence-corrected chi connectivity index (χ4v) is 2.16. The van der Waals surface area contributed by atoms with Crippen molar-refractivity contribution in [2.75, 3.05) is 0 Å². The molecule has 3 heteroatoms. The van der Waals surface area contributed by atoms with Crippen molar-refractivity contribution in [3.8, 4) is 6.07 Å². The number of hydrogen-bond acceptors (Lipinski definition) is 2. The molecule has 0 spiro atoms. The number of hydrogen-bond donors (Lipinski definition) is 1. The molecule has 1 atom stereocenters. The van der Waals surface area contributed by atoms with E-state index in [2.05, 4.69) is 11.4 Å². The fourth-order valence-electron chi connectivity index (χ4n) is 2.16. The van der Waals surface area contributed by atoms with Crippen LogP contribution in [-0.2, 0) is 4.79 Å². The Bertz CT molecular complexity index is 300. The maximum atomic E-state index is 12.2. The Morgan fingerprint density at radius 3 is 2.44 bits per heavy atom. The molecule has 0 aliphatic heterocycles. The number of carbonyl (C=O) groups is 1. The molecule has 0 aromatic heterocycles. The highest BCUT2D eigenvalue weighted by Crippen LogP contribution is 2.36. The molecule has 1 N–H and O–H groups in total. The van der Waals surface area contributed by atoms with Crippen molar-refractivity contribution in [2.24, 2.45) is 5.41 Å². The summed E-state index contributed by atoms with van der Waals surface area (Å²) in [6, 6.07) is 2.18. The maximum Gasteiger partial charge on any atom is 0.227 e. The third kappa shape index (κ3) is 2.75. The van der Waals surface area contributed by atoms with Crippen LogP contribution in [-0.4, -0.2) is 11.4 Å². The van der Waals surface area contributed by atoms with Gasteiger partial charge in [0.1, 0.15) is 5.54 Å². The normalized spacial score (nSPS) is 22.9. The van der Waals surface area contributed by atoms with Gasteiger partial charge in [-0.15, -0.1) is 0 Å². The summed E-state index contributed by atoms with van der Waals surface area (Å²) in [4.78, 5) is 12.2. The van der Waals surface area contributed by atoms with Crippen LogP contribution in [0.5, 0.6) is 0 Å². The molecular formula is C13H22N2O. The van der Waals surface area contributed by atoms with Gasteiger partial charge in [-0.25, -0.2) is 0 Å². The summed E-state index contributed by atoms with van der Waals surface area (Å²) in [6.45, 7) is 5.73. The Balaban J connectivity index is 2.67. The molecule has 1 amide bonds. The van der Waals surface area contributed by atoms with Crippen molar-refractivity contribution >= 4 is 5.91 Å². The van der Waals surface area contributed by atoms with Gasteiger partial charge in [-0.05, 0) is 26.2 Å². The van der Waals surface area contributed by atoms with Gasteiger partial charge in [0.2, 0.25) is 5.91 Å². The number of rotatable bonds is 3. The molecule has 1 aliphatic carbocycles. The maximum absolute atomic E-state index is 12.2. The number of nitrogens with zero attached hydrogens (tertiary/aromatic N) is 1. The van der Waals surface area contributed by atoms with Gasteiger partial charge in [0.05, 0.1) is 6.07 Å². The van der Waals surface area contributed by atoms with E-state index < -0.39 is 5.54 Å². The van der Waals surface area contributed by atoms with Crippen LogP contribution in [0.25, 0.3) is 0 Å². The van der Waals surface area contributed by atoms with Gasteiger partial charge in [0, 0.05) is 5.41 Å². The predicted molar refractivity (Wildman–Crippen MR) is 63.6 cm³/mol. The van der Waals surface area contributed by atoms with Crippen molar-refractivity contribution < 1.29 is 4.79 Å². The van der Waals surface area contributed by atoms with Crippen LogP contribution in [0.1, 0.15) is 59.3 Å². The Morgan fingerprint density at radius 2 is 2.00 bits per heavy atom. The first-order valence-corrected chi connectivity index (χ1v) is 6.20. The fraction of sp³-hybridized carbons (Fsp3) is 0.846. The standard InChI is InChI=1S/C13H22N2O/c1-4-13(3,10-14)15-11(16)12(2)8-6-5-7-9-12/h4-9H2,1-3H3,(H,15,16). The van der Waals surface area contributed by atoms with Crippen molar-refractivity contribution in [1.82, 2.24) is 5.32 Å². The molecule has 90 valence electrons. The van der Waals surface area contributed by atoms with Gasteiger partial charge >= 0.3 is 0 Å². The lowest BCUT2D eigenvalue weighted by atomic mass is 9.74. The molecule has 1 rings (SSSR count). The lowest BCUT2D eigenvalue weighted by molar-refractivity contribution is -0.133. The Hall–Kier alpha value is -1.04. The predicted octanol–water partition coefficient (Wildman–Crippen LogP) is 2.77. The van der Waals surface area contributed by atoms with Crippen LogP contribution in [0.2, 0.25) is 0 Å². The minimum absolute atomic E-state index is 0.0538. The largest absolute Gasteiger partial charge is 0.338 e. The second-order valence-corrected chi connectivity index (χ2v) is 5.37. The lowest BCUT2D eigenvalue weighted by Crippen LogP contribution is -2.50. The van der Waals surface area contributed by atoms with E-state index in [9.17, 15) is 4.79 Å². The van der Waals surface area contributed by atoms with Crippen LogP contribution in [0, 0.1) is 16.7 Å². The lowest BCUT2D eigenvalue weighted by Gasteiger charge is -2.35. The minimum atomic E-state index is -0.711. The molecule has 3 nitrogen and oxygen atoms in total. The summed E-state index contributed by atoms with van der Waals surface area (Å²) < 4.78 is 0. The van der Waals surface area contributed by atoms with Crippen molar-refractivity contribution in [1.29, 1.82) is 5.26 Å². The van der Waals surface area contributed by atoms with Crippen LogP contribution >= 0.6 is 0 Å². The highest BCUT2D eigenvalue weighted by molar-refractivity contribution is 5.83. The first-order valence-electron chi connectivity index (χ1n) is 6.20. The number of amides is 1. The molecule has 0 heterocycles. The Kier molecular flexibility index (Phi) is 3.96. The average Bonchev–Trinajstić information content (AvgIpc) is 2.30. The van der Waals surface area contributed by atoms with Crippen LogP contribution in [0.3, 0.4) is 0 Å². The molecule has 1 aliphatic rings. The van der Waals surface area contributed by atoms with Crippen molar-refractivity contribution in [3.63, 3.8) is 0 Å². The molecule has 16 heavy (non-hydrogen) atoms. The van der Waals surface area contributed by atoms with Gasteiger partial charge in [-0.1, -0.05) is 33.1 Å². The quantitative estimate of drug-likeness (QED) is 0.798. The third-order valence-corrected chi connectivity index (χ3v) is 3.85. The summed E-state index contributed by atoms with van der Waals surface area (Å²) in [5.74, 6) is 0.0538. The summed E-state index contributed by atoms with van der Waals surface area (Å²) >= 11 is 0. The topological polar surface area (TPSA) is 52.9 Å². The van der Waals surface area contributed by atoms with Gasteiger partial charge < -0.3 is 5.32 Å². The van der Waals surface area contributed by atoms with Gasteiger partial charge in [0.15, 0.2) is 0 Å². The molecule has 0 radical (unpaired) electrons. The van der Waals surface area contributed by atoms with E-state index in [1.54, 1.807) is 6.92 Å². The highest BCUT2D eigenvalue weighted by Gasteiger charge is 2.37. The van der Waals surface area contributed by atoms with Gasteiger partial charge in [-0.2, -0.15) is 5.26 Å². The summed E-state index contributed by atoms with van der Waals surface area (Å²) in [7, 11) is 0. The number of carbonyl (C=O) groups excluding carboxylic acids is 1. The second kappa shape index (κ2) is 4.86. The Morgan fingerprint density at radius 1 is 1.44 bits per heavy atom. The molecular weight excluding hydrogens is 200 g/mol. The van der Waals surface area contributed by atoms with Crippen LogP contribution in [0.15, 0.2) is 0 Å². The van der Waals surface area contributed by atoms with E-state index in [1.807, 2.05) is 13.8 Å². The number of nitrogens with one attached hydrogen (secondary N) is 1. The molecule has 0 bridgehead atoms. The number of nitriles is 1. The van der Waals surface area contributed by atoms with E-state index in [0.29, 0.717) is 6.42 Å². The zero-order valence-electron chi connectivity index (χ0n) is 10.6. The molecule has 0 aromatic carbocycles. The molecule has 0 saturated heterocycles. The monoisotopic (exact) mass is 222 g/mol. The third-order valence-electron chi connectivity index (χ3n) is 3.85. The summed E-state index contributed by atoms with van der Waals surface area (Å²) in [5.41, 5.74) is -0.969. The van der Waals surface area contributed by atoms with Crippen molar-refractivity contribution in [2.45, 2.75) is 64.8 Å². The average molecular weight is 222 g/mol. The van der Waals surface area contributed by atoms with E-state index >= 15 is 0 Å². The molecule has 1 fully saturated rings. The van der Waals surface area contributed by atoms with Crippen LogP contribution < -0.4 is 5.32 Å². The first kappa shape index (κ1) is 13.0. The van der Waals surface area contributed by atoms with Crippen LogP contribution in [0.4, 0.5) is 0 Å². The summed E-state index contributed by atoms with van der Waals surface area (Å²) in [6.07, 6.45) is 6.02. The van der Waals surface area contributed by atoms with E-state index in [1.165, 1.54) is 6.42 Å². The van der Waals surface area contributed by atoms with E-state index in [0.717, 1.165) is 25.7 Å². The van der Waals surface area contributed by atoms with Crippen molar-refractivity contribution in [3.05, 3.63) is 0 Å². The second-order valence-electron chi connectivity index (χ2n) is 5.37. The first-order chi connectivity index (χ1) is 7.46. The van der Waals surface area contributed by atoms with Gasteiger partial charge in [0.25, 0.3) is 0 Å². The molecule has 1 unspecified atom stereocenters. The zero-order chi connectivity index (χ0) is 12.2. The molecule has 0 aromatic rings. The highest BCUT2D eigenvalue weighted by atomic mass is 16.2. The molecule has 1 saturated carbocycles. The minimum Gasteiger partial charge on any atom is -0.338 e. The van der Waals surface area contributed by atoms with E-state index in [-0.39, 0.29) is 11.3 Å². The smallest absolute Gasteiger partial charge is 0.227 e. The van der Waals surface area contributed by atoms with E-state index in [4.69, 9.17) is 5.26 Å². The SMILES string of the molecule is CCC(C)(C#N)NC(=O)C1(C)CCCCC1.